The van der Waals surface area contributed by atoms with Crippen LogP contribution in [-0.4, -0.2) is 5.24 Å². The van der Waals surface area contributed by atoms with E-state index in [0.717, 1.165) is 5.56 Å². The predicted molar refractivity (Wildman–Crippen MR) is 55.6 cm³/mol. The van der Waals surface area contributed by atoms with Gasteiger partial charge in [0.25, 0.3) is 0 Å². The van der Waals surface area contributed by atoms with E-state index in [-0.39, 0.29) is 5.24 Å². The molecule has 1 nitrogen and oxygen atoms in total. The zero-order chi connectivity index (χ0) is 9.84. The van der Waals surface area contributed by atoms with Gasteiger partial charge in [-0.05, 0) is 35.7 Å². The first kappa shape index (κ1) is 10.8. The van der Waals surface area contributed by atoms with Crippen molar-refractivity contribution >= 4 is 40.0 Å². The Hall–Kier alpha value is -0.240. The number of halogens is 3. The molecule has 13 heavy (non-hydrogen) atoms. The number of carbonyl (C=O) groups excluding carboxylic acids is 1. The lowest BCUT2D eigenvalue weighted by Crippen LogP contribution is -1.92. The summed E-state index contributed by atoms with van der Waals surface area (Å²) >= 11 is 16.8. The summed E-state index contributed by atoms with van der Waals surface area (Å²) in [6.45, 7) is 0. The number of carbonyl (C=O) groups is 1. The maximum absolute atomic E-state index is 10.5. The summed E-state index contributed by atoms with van der Waals surface area (Å²) in [5.41, 5.74) is 0.889. The van der Waals surface area contributed by atoms with Crippen LogP contribution in [0.3, 0.4) is 0 Å². The van der Waals surface area contributed by atoms with Crippen LogP contribution in [0.15, 0.2) is 18.2 Å². The van der Waals surface area contributed by atoms with Crippen molar-refractivity contribution in [2.24, 2.45) is 0 Å². The van der Waals surface area contributed by atoms with Crippen LogP contribution >= 0.6 is 34.8 Å². The molecule has 0 saturated carbocycles. The molecule has 0 aliphatic rings. The third kappa shape index (κ3) is 3.55. The third-order valence-electron chi connectivity index (χ3n) is 1.61. The second kappa shape index (κ2) is 4.85. The summed E-state index contributed by atoms with van der Waals surface area (Å²) in [6, 6.07) is 5.18. The highest BCUT2D eigenvalue weighted by Gasteiger charge is 2.03. The van der Waals surface area contributed by atoms with E-state index in [1.807, 2.05) is 0 Å². The quantitative estimate of drug-likeness (QED) is 0.733. The lowest BCUT2D eigenvalue weighted by atomic mass is 10.1. The van der Waals surface area contributed by atoms with E-state index in [2.05, 4.69) is 0 Å². The van der Waals surface area contributed by atoms with Gasteiger partial charge >= 0.3 is 0 Å². The lowest BCUT2D eigenvalue weighted by molar-refractivity contribution is -0.111. The van der Waals surface area contributed by atoms with E-state index in [0.29, 0.717) is 22.9 Å². The minimum Gasteiger partial charge on any atom is -0.281 e. The van der Waals surface area contributed by atoms with Gasteiger partial charge in [-0.1, -0.05) is 29.3 Å². The largest absolute Gasteiger partial charge is 0.281 e. The zero-order valence-electron chi connectivity index (χ0n) is 6.69. The highest BCUT2D eigenvalue weighted by Crippen LogP contribution is 2.22. The fraction of sp³-hybridized carbons (Fsp3) is 0.222. The van der Waals surface area contributed by atoms with Crippen LogP contribution in [0.5, 0.6) is 0 Å². The molecular weight excluding hydrogens is 230 g/mol. The smallest absolute Gasteiger partial charge is 0.221 e. The van der Waals surface area contributed by atoms with Crippen molar-refractivity contribution < 1.29 is 4.79 Å². The van der Waals surface area contributed by atoms with Crippen LogP contribution in [0, 0.1) is 0 Å². The zero-order valence-corrected chi connectivity index (χ0v) is 8.96. The second-order valence-electron chi connectivity index (χ2n) is 2.59. The molecule has 0 spiro atoms. The molecule has 0 radical (unpaired) electrons. The van der Waals surface area contributed by atoms with Crippen molar-refractivity contribution in [1.29, 1.82) is 0 Å². The highest BCUT2D eigenvalue weighted by atomic mass is 35.5. The van der Waals surface area contributed by atoms with Gasteiger partial charge in [0.1, 0.15) is 0 Å². The molecule has 0 aromatic heterocycles. The van der Waals surface area contributed by atoms with Crippen molar-refractivity contribution in [3.63, 3.8) is 0 Å². The molecule has 1 rings (SSSR count). The number of rotatable bonds is 3. The molecule has 0 aliphatic heterocycles. The summed E-state index contributed by atoms with van der Waals surface area (Å²) in [5, 5.41) is 0.808. The number of hydrogen-bond acceptors (Lipinski definition) is 1. The molecule has 0 bridgehead atoms. The summed E-state index contributed by atoms with van der Waals surface area (Å²) in [5.74, 6) is 0. The number of hydrogen-bond donors (Lipinski definition) is 0. The van der Waals surface area contributed by atoms with E-state index >= 15 is 0 Å². The Kier molecular flexibility index (Phi) is 4.04. The van der Waals surface area contributed by atoms with Crippen LogP contribution in [0.2, 0.25) is 10.0 Å². The molecule has 0 aliphatic carbocycles. The average molecular weight is 238 g/mol. The van der Waals surface area contributed by atoms with Gasteiger partial charge < -0.3 is 0 Å². The van der Waals surface area contributed by atoms with Crippen LogP contribution in [-0.2, 0) is 11.2 Å². The molecular formula is C9H7Cl3O. The fourth-order valence-corrected chi connectivity index (χ4v) is 1.55. The van der Waals surface area contributed by atoms with Gasteiger partial charge in [-0.15, -0.1) is 0 Å². The summed E-state index contributed by atoms with van der Waals surface area (Å²) in [4.78, 5) is 10.5. The van der Waals surface area contributed by atoms with E-state index < -0.39 is 0 Å². The molecule has 0 amide bonds. The predicted octanol–water partition coefficient (Wildman–Crippen LogP) is 3.69. The van der Waals surface area contributed by atoms with Gasteiger partial charge in [-0.2, -0.15) is 0 Å². The standard InChI is InChI=1S/C9H7Cl3O/c10-7-3-1-6(8(11)5-7)2-4-9(12)13/h1,3,5H,2,4H2. The van der Waals surface area contributed by atoms with E-state index in [4.69, 9.17) is 34.8 Å². The Morgan fingerprint density at radius 2 is 2.00 bits per heavy atom. The second-order valence-corrected chi connectivity index (χ2v) is 3.86. The van der Waals surface area contributed by atoms with Crippen molar-refractivity contribution in [2.45, 2.75) is 12.8 Å². The Morgan fingerprint density at radius 1 is 1.31 bits per heavy atom. The minimum absolute atomic E-state index is 0.295. The monoisotopic (exact) mass is 236 g/mol. The Morgan fingerprint density at radius 3 is 2.54 bits per heavy atom. The normalized spacial score (nSPS) is 10.1. The fourth-order valence-electron chi connectivity index (χ4n) is 0.957. The van der Waals surface area contributed by atoms with Crippen molar-refractivity contribution in [3.05, 3.63) is 33.8 Å². The first-order valence-electron chi connectivity index (χ1n) is 3.72. The minimum atomic E-state index is -0.356. The molecule has 0 atom stereocenters. The number of benzene rings is 1. The van der Waals surface area contributed by atoms with Gasteiger partial charge in [-0.25, -0.2) is 0 Å². The molecule has 1 aromatic carbocycles. The molecule has 0 fully saturated rings. The maximum Gasteiger partial charge on any atom is 0.221 e. The Balaban J connectivity index is 2.72. The molecule has 0 unspecified atom stereocenters. The average Bonchev–Trinajstić information content (AvgIpc) is 2.02. The molecule has 0 saturated heterocycles. The maximum atomic E-state index is 10.5. The van der Waals surface area contributed by atoms with Gasteiger partial charge in [0, 0.05) is 16.5 Å². The Bertz CT molecular complexity index is 323. The van der Waals surface area contributed by atoms with Gasteiger partial charge in [-0.3, -0.25) is 4.79 Å². The topological polar surface area (TPSA) is 17.1 Å². The molecule has 0 N–H and O–H groups in total. The van der Waals surface area contributed by atoms with E-state index in [1.54, 1.807) is 18.2 Å². The van der Waals surface area contributed by atoms with Crippen LogP contribution in [0.4, 0.5) is 0 Å². The highest BCUT2D eigenvalue weighted by molar-refractivity contribution is 6.63. The molecule has 0 heterocycles. The van der Waals surface area contributed by atoms with Crippen LogP contribution in [0.1, 0.15) is 12.0 Å². The van der Waals surface area contributed by atoms with Gasteiger partial charge in [0.2, 0.25) is 5.24 Å². The first-order chi connectivity index (χ1) is 6.09. The molecule has 4 heteroatoms. The van der Waals surface area contributed by atoms with E-state index in [9.17, 15) is 4.79 Å². The summed E-state index contributed by atoms with van der Waals surface area (Å²) < 4.78 is 0. The SMILES string of the molecule is O=C(Cl)CCc1ccc(Cl)cc1Cl. The van der Waals surface area contributed by atoms with E-state index in [1.165, 1.54) is 0 Å². The van der Waals surface area contributed by atoms with Crippen molar-refractivity contribution in [3.8, 4) is 0 Å². The molecule has 70 valence electrons. The van der Waals surface area contributed by atoms with Crippen molar-refractivity contribution in [2.75, 3.05) is 0 Å². The number of aryl methyl sites for hydroxylation is 1. The summed E-state index contributed by atoms with van der Waals surface area (Å²) in [7, 11) is 0. The summed E-state index contributed by atoms with van der Waals surface area (Å²) in [6.07, 6.45) is 0.848. The van der Waals surface area contributed by atoms with Crippen molar-refractivity contribution in [1.82, 2.24) is 0 Å². The van der Waals surface area contributed by atoms with Crippen LogP contribution < -0.4 is 0 Å². The van der Waals surface area contributed by atoms with Crippen LogP contribution in [0.25, 0.3) is 0 Å². The lowest BCUT2D eigenvalue weighted by Gasteiger charge is -2.01. The molecule has 1 aromatic rings. The van der Waals surface area contributed by atoms with Gasteiger partial charge in [0.05, 0.1) is 0 Å². The first-order valence-corrected chi connectivity index (χ1v) is 4.85. The van der Waals surface area contributed by atoms with Gasteiger partial charge in [0.15, 0.2) is 0 Å². The Labute approximate surface area is 91.6 Å². The third-order valence-corrected chi connectivity index (χ3v) is 2.38.